The molecule has 7 heteroatoms. The summed E-state index contributed by atoms with van der Waals surface area (Å²) in [5, 5.41) is 14.4. The van der Waals surface area contributed by atoms with E-state index in [0.29, 0.717) is 24.0 Å². The van der Waals surface area contributed by atoms with E-state index in [2.05, 4.69) is 20.9 Å². The highest BCUT2D eigenvalue weighted by Gasteiger charge is 2.20. The lowest BCUT2D eigenvalue weighted by atomic mass is 10.2. The highest BCUT2D eigenvalue weighted by Crippen LogP contribution is 2.16. The normalized spacial score (nSPS) is 17.2. The topological polar surface area (TPSA) is 81.1 Å². The zero-order valence-electron chi connectivity index (χ0n) is 13.4. The molecule has 1 fully saturated rings. The van der Waals surface area contributed by atoms with E-state index >= 15 is 0 Å². The summed E-state index contributed by atoms with van der Waals surface area (Å²) in [4.78, 5) is 12.3. The van der Waals surface area contributed by atoms with Crippen LogP contribution in [0.2, 0.25) is 0 Å². The van der Waals surface area contributed by atoms with Gasteiger partial charge in [-0.1, -0.05) is 5.21 Å². The third kappa shape index (κ3) is 3.34. The number of carbonyl (C=O) groups excluding carboxylic acids is 1. The first kappa shape index (κ1) is 15.5. The lowest BCUT2D eigenvalue weighted by molar-refractivity contribution is 0.0944. The van der Waals surface area contributed by atoms with Gasteiger partial charge < -0.3 is 15.4 Å². The summed E-state index contributed by atoms with van der Waals surface area (Å²) >= 11 is 0. The Balaban J connectivity index is 1.71. The Bertz CT molecular complexity index is 674. The third-order valence-electron chi connectivity index (χ3n) is 4.10. The van der Waals surface area contributed by atoms with Crippen LogP contribution in [-0.4, -0.2) is 47.1 Å². The summed E-state index contributed by atoms with van der Waals surface area (Å²) in [5.74, 6) is 0.588. The largest absolute Gasteiger partial charge is 0.497 e. The zero-order chi connectivity index (χ0) is 16.2. The SMILES string of the molecule is COc1ccc(-n2nnc(C(=O)NCC3CCCN3)c2C)cc1. The lowest BCUT2D eigenvalue weighted by Gasteiger charge is -2.10. The Labute approximate surface area is 135 Å². The van der Waals surface area contributed by atoms with Crippen LogP contribution in [0.15, 0.2) is 24.3 Å². The monoisotopic (exact) mass is 315 g/mol. The molecule has 0 radical (unpaired) electrons. The third-order valence-corrected chi connectivity index (χ3v) is 4.10. The van der Waals surface area contributed by atoms with Gasteiger partial charge >= 0.3 is 0 Å². The van der Waals surface area contributed by atoms with Crippen LogP contribution in [-0.2, 0) is 0 Å². The van der Waals surface area contributed by atoms with E-state index in [4.69, 9.17) is 4.74 Å². The second-order valence-corrected chi connectivity index (χ2v) is 5.64. The molecule has 1 aliphatic heterocycles. The fourth-order valence-corrected chi connectivity index (χ4v) is 2.74. The standard InChI is InChI=1S/C16H21N5O2/c1-11-15(16(22)18-10-12-4-3-9-17-12)19-20-21(11)13-5-7-14(23-2)8-6-13/h5-8,12,17H,3-4,9-10H2,1-2H3,(H,18,22). The fourth-order valence-electron chi connectivity index (χ4n) is 2.74. The van der Waals surface area contributed by atoms with E-state index in [-0.39, 0.29) is 5.91 Å². The molecular weight excluding hydrogens is 294 g/mol. The molecule has 1 amide bonds. The second kappa shape index (κ2) is 6.78. The van der Waals surface area contributed by atoms with E-state index in [9.17, 15) is 4.79 Å². The first-order chi connectivity index (χ1) is 11.2. The van der Waals surface area contributed by atoms with Crippen LogP contribution in [0.3, 0.4) is 0 Å². The number of ether oxygens (including phenoxy) is 1. The number of rotatable bonds is 5. The van der Waals surface area contributed by atoms with E-state index in [1.165, 1.54) is 0 Å². The molecule has 2 heterocycles. The molecule has 23 heavy (non-hydrogen) atoms. The summed E-state index contributed by atoms with van der Waals surface area (Å²) in [5.41, 5.74) is 1.91. The molecule has 2 aromatic rings. The van der Waals surface area contributed by atoms with Crippen molar-refractivity contribution < 1.29 is 9.53 Å². The van der Waals surface area contributed by atoms with Crippen molar-refractivity contribution in [2.45, 2.75) is 25.8 Å². The highest BCUT2D eigenvalue weighted by atomic mass is 16.5. The average molecular weight is 315 g/mol. The Hall–Kier alpha value is -2.41. The van der Waals surface area contributed by atoms with Crippen LogP contribution < -0.4 is 15.4 Å². The Morgan fingerprint density at radius 3 is 2.87 bits per heavy atom. The van der Waals surface area contributed by atoms with E-state index < -0.39 is 0 Å². The molecule has 0 spiro atoms. The number of methoxy groups -OCH3 is 1. The molecular formula is C16H21N5O2. The Kier molecular flexibility index (Phi) is 4.57. The number of hydrogen-bond acceptors (Lipinski definition) is 5. The first-order valence-corrected chi connectivity index (χ1v) is 7.77. The summed E-state index contributed by atoms with van der Waals surface area (Å²) in [6, 6.07) is 7.81. The predicted molar refractivity (Wildman–Crippen MR) is 86.0 cm³/mol. The second-order valence-electron chi connectivity index (χ2n) is 5.64. The maximum absolute atomic E-state index is 12.3. The molecule has 122 valence electrons. The minimum atomic E-state index is -0.184. The molecule has 3 rings (SSSR count). The molecule has 1 aromatic carbocycles. The number of nitrogens with zero attached hydrogens (tertiary/aromatic N) is 3. The molecule has 1 saturated heterocycles. The molecule has 2 N–H and O–H groups in total. The molecule has 0 aliphatic carbocycles. The minimum Gasteiger partial charge on any atom is -0.497 e. The highest BCUT2D eigenvalue weighted by molar-refractivity contribution is 5.93. The van der Waals surface area contributed by atoms with Crippen molar-refractivity contribution in [3.8, 4) is 11.4 Å². The van der Waals surface area contributed by atoms with Crippen LogP contribution in [0, 0.1) is 6.92 Å². The van der Waals surface area contributed by atoms with Crippen LogP contribution in [0.5, 0.6) is 5.75 Å². The molecule has 0 bridgehead atoms. The van der Waals surface area contributed by atoms with Gasteiger partial charge in [-0.2, -0.15) is 0 Å². The van der Waals surface area contributed by atoms with Crippen molar-refractivity contribution in [2.75, 3.05) is 20.2 Å². The average Bonchev–Trinajstić information content (AvgIpc) is 3.22. The summed E-state index contributed by atoms with van der Waals surface area (Å²) in [6.07, 6.45) is 2.25. The van der Waals surface area contributed by atoms with Crippen molar-refractivity contribution >= 4 is 5.91 Å². The summed E-state index contributed by atoms with van der Waals surface area (Å²) < 4.78 is 6.80. The van der Waals surface area contributed by atoms with Crippen molar-refractivity contribution in [1.82, 2.24) is 25.6 Å². The maximum Gasteiger partial charge on any atom is 0.273 e. The van der Waals surface area contributed by atoms with Gasteiger partial charge in [0, 0.05) is 12.6 Å². The zero-order valence-corrected chi connectivity index (χ0v) is 13.4. The summed E-state index contributed by atoms with van der Waals surface area (Å²) in [6.45, 7) is 3.48. The van der Waals surface area contributed by atoms with E-state index in [1.54, 1.807) is 11.8 Å². The fraction of sp³-hybridized carbons (Fsp3) is 0.438. The maximum atomic E-state index is 12.3. The number of amides is 1. The van der Waals surface area contributed by atoms with Crippen molar-refractivity contribution in [1.29, 1.82) is 0 Å². The molecule has 1 aliphatic rings. The van der Waals surface area contributed by atoms with Gasteiger partial charge in [-0.3, -0.25) is 4.79 Å². The van der Waals surface area contributed by atoms with Crippen molar-refractivity contribution in [3.63, 3.8) is 0 Å². The van der Waals surface area contributed by atoms with Crippen molar-refractivity contribution in [2.24, 2.45) is 0 Å². The molecule has 1 aromatic heterocycles. The molecule has 7 nitrogen and oxygen atoms in total. The van der Waals surface area contributed by atoms with Gasteiger partial charge in [-0.15, -0.1) is 5.10 Å². The van der Waals surface area contributed by atoms with Gasteiger partial charge in [-0.25, -0.2) is 4.68 Å². The lowest BCUT2D eigenvalue weighted by Crippen LogP contribution is -2.37. The van der Waals surface area contributed by atoms with Crippen LogP contribution in [0.25, 0.3) is 5.69 Å². The number of nitrogens with one attached hydrogen (secondary N) is 2. The van der Waals surface area contributed by atoms with Gasteiger partial charge in [0.2, 0.25) is 0 Å². The van der Waals surface area contributed by atoms with Crippen LogP contribution in [0.4, 0.5) is 0 Å². The van der Waals surface area contributed by atoms with Gasteiger partial charge in [0.05, 0.1) is 18.5 Å². The van der Waals surface area contributed by atoms with E-state index in [0.717, 1.165) is 30.8 Å². The summed E-state index contributed by atoms with van der Waals surface area (Å²) in [7, 11) is 1.62. The van der Waals surface area contributed by atoms with Crippen LogP contribution >= 0.6 is 0 Å². The quantitative estimate of drug-likeness (QED) is 0.862. The molecule has 0 saturated carbocycles. The number of aromatic nitrogens is 3. The smallest absolute Gasteiger partial charge is 0.273 e. The van der Waals surface area contributed by atoms with E-state index in [1.807, 2.05) is 31.2 Å². The molecule has 1 atom stereocenters. The predicted octanol–water partition coefficient (Wildman–Crippen LogP) is 1.07. The van der Waals surface area contributed by atoms with Gasteiger partial charge in [0.1, 0.15) is 5.75 Å². The first-order valence-electron chi connectivity index (χ1n) is 7.77. The van der Waals surface area contributed by atoms with Gasteiger partial charge in [-0.05, 0) is 50.6 Å². The van der Waals surface area contributed by atoms with Gasteiger partial charge in [0.15, 0.2) is 5.69 Å². The molecule has 1 unspecified atom stereocenters. The number of carbonyl (C=O) groups is 1. The number of benzene rings is 1. The van der Waals surface area contributed by atoms with Crippen molar-refractivity contribution in [3.05, 3.63) is 35.7 Å². The van der Waals surface area contributed by atoms with Gasteiger partial charge in [0.25, 0.3) is 5.91 Å². The Morgan fingerprint density at radius 2 is 2.22 bits per heavy atom. The Morgan fingerprint density at radius 1 is 1.43 bits per heavy atom. The minimum absolute atomic E-state index is 0.184. The van der Waals surface area contributed by atoms with Crippen LogP contribution in [0.1, 0.15) is 29.0 Å². The number of hydrogen-bond donors (Lipinski definition) is 2.